The van der Waals surface area contributed by atoms with Crippen molar-refractivity contribution in [3.05, 3.63) is 23.8 Å². The van der Waals surface area contributed by atoms with Crippen molar-refractivity contribution in [1.82, 2.24) is 4.90 Å². The number of rotatable bonds is 11. The van der Waals surface area contributed by atoms with Gasteiger partial charge in [0.05, 0.1) is 13.7 Å². The molecule has 0 radical (unpaired) electrons. The van der Waals surface area contributed by atoms with Crippen molar-refractivity contribution < 1.29 is 9.47 Å². The summed E-state index contributed by atoms with van der Waals surface area (Å²) in [5, 5.41) is 0. The number of methoxy groups -OCH3 is 1. The first-order chi connectivity index (χ1) is 10.2. The van der Waals surface area contributed by atoms with Crippen LogP contribution in [0.5, 0.6) is 11.5 Å². The van der Waals surface area contributed by atoms with Crippen LogP contribution in [-0.2, 0) is 6.42 Å². The second-order valence-electron chi connectivity index (χ2n) is 5.80. The first kappa shape index (κ1) is 17.8. The monoisotopic (exact) mass is 293 g/mol. The molecule has 0 unspecified atom stereocenters. The Hall–Kier alpha value is -1.22. The zero-order valence-corrected chi connectivity index (χ0v) is 14.2. The second-order valence-corrected chi connectivity index (χ2v) is 5.80. The number of nitrogens with zero attached hydrogens (tertiary/aromatic N) is 1. The third-order valence-corrected chi connectivity index (χ3v) is 3.55. The van der Waals surface area contributed by atoms with Gasteiger partial charge >= 0.3 is 0 Å². The lowest BCUT2D eigenvalue weighted by molar-refractivity contribution is 0.285. The summed E-state index contributed by atoms with van der Waals surface area (Å²) in [6, 6.07) is 6.31. The molecule has 0 bridgehead atoms. The SMILES string of the molecule is CCCCCCOc1ccc(CCCN(C)C)cc1OC. The van der Waals surface area contributed by atoms with E-state index in [-0.39, 0.29) is 0 Å². The largest absolute Gasteiger partial charge is 0.493 e. The Kier molecular flexibility index (Phi) is 8.91. The number of hydrogen-bond acceptors (Lipinski definition) is 3. The van der Waals surface area contributed by atoms with Crippen LogP contribution in [0.4, 0.5) is 0 Å². The Bertz CT molecular complexity index is 391. The van der Waals surface area contributed by atoms with Crippen molar-refractivity contribution in [3.63, 3.8) is 0 Å². The van der Waals surface area contributed by atoms with E-state index in [2.05, 4.69) is 38.1 Å². The molecule has 0 atom stereocenters. The Morgan fingerprint density at radius 1 is 1.00 bits per heavy atom. The van der Waals surface area contributed by atoms with E-state index in [1.807, 2.05) is 6.07 Å². The molecule has 3 heteroatoms. The summed E-state index contributed by atoms with van der Waals surface area (Å²) in [6.45, 7) is 4.10. The first-order valence-electron chi connectivity index (χ1n) is 8.11. The molecule has 0 aliphatic rings. The van der Waals surface area contributed by atoms with Gasteiger partial charge in [-0.1, -0.05) is 32.3 Å². The lowest BCUT2D eigenvalue weighted by atomic mass is 10.1. The maximum Gasteiger partial charge on any atom is 0.161 e. The molecule has 0 amide bonds. The van der Waals surface area contributed by atoms with Gasteiger partial charge < -0.3 is 14.4 Å². The highest BCUT2D eigenvalue weighted by molar-refractivity contribution is 5.43. The van der Waals surface area contributed by atoms with Crippen molar-refractivity contribution in [2.24, 2.45) is 0 Å². The maximum absolute atomic E-state index is 5.84. The molecule has 1 rings (SSSR count). The van der Waals surface area contributed by atoms with Gasteiger partial charge in [-0.3, -0.25) is 0 Å². The summed E-state index contributed by atoms with van der Waals surface area (Å²) < 4.78 is 11.3. The summed E-state index contributed by atoms with van der Waals surface area (Å²) in [4.78, 5) is 2.21. The topological polar surface area (TPSA) is 21.7 Å². The van der Waals surface area contributed by atoms with E-state index >= 15 is 0 Å². The smallest absolute Gasteiger partial charge is 0.161 e. The third kappa shape index (κ3) is 7.37. The molecule has 0 spiro atoms. The zero-order valence-electron chi connectivity index (χ0n) is 14.2. The first-order valence-corrected chi connectivity index (χ1v) is 8.11. The average molecular weight is 293 g/mol. The molecule has 1 aromatic rings. The lowest BCUT2D eigenvalue weighted by Crippen LogP contribution is -2.13. The van der Waals surface area contributed by atoms with Crippen LogP contribution in [0.25, 0.3) is 0 Å². The number of benzene rings is 1. The highest BCUT2D eigenvalue weighted by Gasteiger charge is 2.06. The van der Waals surface area contributed by atoms with Crippen LogP contribution < -0.4 is 9.47 Å². The van der Waals surface area contributed by atoms with Crippen LogP contribution in [0.2, 0.25) is 0 Å². The molecule has 0 heterocycles. The third-order valence-electron chi connectivity index (χ3n) is 3.55. The van der Waals surface area contributed by atoms with Crippen molar-refractivity contribution >= 4 is 0 Å². The molecule has 0 aliphatic heterocycles. The van der Waals surface area contributed by atoms with Gasteiger partial charge in [-0.15, -0.1) is 0 Å². The highest BCUT2D eigenvalue weighted by Crippen LogP contribution is 2.28. The molecule has 0 aliphatic carbocycles. The summed E-state index contributed by atoms with van der Waals surface area (Å²) in [5.41, 5.74) is 1.31. The normalized spacial score (nSPS) is 10.9. The number of aryl methyl sites for hydroxylation is 1. The lowest BCUT2D eigenvalue weighted by Gasteiger charge is -2.13. The van der Waals surface area contributed by atoms with Crippen molar-refractivity contribution in [2.75, 3.05) is 34.4 Å². The van der Waals surface area contributed by atoms with Gasteiger partial charge in [-0.05, 0) is 57.6 Å². The molecule has 0 saturated carbocycles. The van der Waals surface area contributed by atoms with Crippen LogP contribution in [0, 0.1) is 0 Å². The van der Waals surface area contributed by atoms with E-state index in [4.69, 9.17) is 9.47 Å². The van der Waals surface area contributed by atoms with Crippen molar-refractivity contribution in [2.45, 2.75) is 45.4 Å². The van der Waals surface area contributed by atoms with E-state index in [1.165, 1.54) is 24.8 Å². The molecular formula is C18H31NO2. The van der Waals surface area contributed by atoms with Crippen molar-refractivity contribution in [1.29, 1.82) is 0 Å². The van der Waals surface area contributed by atoms with Crippen LogP contribution in [0.3, 0.4) is 0 Å². The van der Waals surface area contributed by atoms with Crippen LogP contribution in [0.15, 0.2) is 18.2 Å². The Balaban J connectivity index is 2.46. The fourth-order valence-electron chi connectivity index (χ4n) is 2.30. The molecule has 21 heavy (non-hydrogen) atoms. The van der Waals surface area contributed by atoms with Crippen molar-refractivity contribution in [3.8, 4) is 11.5 Å². The Labute approximate surface area is 130 Å². The molecule has 3 nitrogen and oxygen atoms in total. The minimum atomic E-state index is 0.774. The molecule has 1 aromatic carbocycles. The predicted molar refractivity (Wildman–Crippen MR) is 89.5 cm³/mol. The number of unbranched alkanes of at least 4 members (excludes halogenated alkanes) is 3. The van der Waals surface area contributed by atoms with Gasteiger partial charge in [0, 0.05) is 0 Å². The van der Waals surface area contributed by atoms with Gasteiger partial charge in [0.25, 0.3) is 0 Å². The average Bonchev–Trinajstić information content (AvgIpc) is 2.47. The molecule has 120 valence electrons. The Morgan fingerprint density at radius 2 is 1.81 bits per heavy atom. The highest BCUT2D eigenvalue weighted by atomic mass is 16.5. The van der Waals surface area contributed by atoms with E-state index in [9.17, 15) is 0 Å². The van der Waals surface area contributed by atoms with Crippen LogP contribution in [0.1, 0.15) is 44.6 Å². The predicted octanol–water partition coefficient (Wildman–Crippen LogP) is 4.15. The van der Waals surface area contributed by atoms with Crippen LogP contribution in [-0.4, -0.2) is 39.3 Å². The molecule has 0 fully saturated rings. The number of hydrogen-bond donors (Lipinski definition) is 0. The molecular weight excluding hydrogens is 262 g/mol. The second kappa shape index (κ2) is 10.5. The van der Waals surface area contributed by atoms with Gasteiger partial charge in [-0.25, -0.2) is 0 Å². The quantitative estimate of drug-likeness (QED) is 0.572. The fourth-order valence-corrected chi connectivity index (χ4v) is 2.30. The Morgan fingerprint density at radius 3 is 2.48 bits per heavy atom. The fraction of sp³-hybridized carbons (Fsp3) is 0.667. The van der Waals surface area contributed by atoms with Gasteiger partial charge in [-0.2, -0.15) is 0 Å². The maximum atomic E-state index is 5.84. The molecule has 0 aromatic heterocycles. The number of ether oxygens (including phenoxy) is 2. The zero-order chi connectivity index (χ0) is 15.5. The van der Waals surface area contributed by atoms with E-state index in [1.54, 1.807) is 7.11 Å². The summed E-state index contributed by atoms with van der Waals surface area (Å²) >= 11 is 0. The van der Waals surface area contributed by atoms with E-state index < -0.39 is 0 Å². The minimum absolute atomic E-state index is 0.774. The minimum Gasteiger partial charge on any atom is -0.493 e. The van der Waals surface area contributed by atoms with Gasteiger partial charge in [0.1, 0.15) is 0 Å². The summed E-state index contributed by atoms with van der Waals surface area (Å²) in [7, 11) is 5.93. The molecule has 0 saturated heterocycles. The summed E-state index contributed by atoms with van der Waals surface area (Å²) in [6.07, 6.45) is 7.12. The van der Waals surface area contributed by atoms with E-state index in [0.717, 1.165) is 43.9 Å². The molecule has 0 N–H and O–H groups in total. The van der Waals surface area contributed by atoms with E-state index in [0.29, 0.717) is 0 Å². The summed E-state index contributed by atoms with van der Waals surface area (Å²) in [5.74, 6) is 1.72. The van der Waals surface area contributed by atoms with Gasteiger partial charge in [0.15, 0.2) is 11.5 Å². The standard InChI is InChI=1S/C18H31NO2/c1-5-6-7-8-14-21-17-12-11-16(15-18(17)20-4)10-9-13-19(2)3/h11-12,15H,5-10,13-14H2,1-4H3. The van der Waals surface area contributed by atoms with Gasteiger partial charge in [0.2, 0.25) is 0 Å². The van der Waals surface area contributed by atoms with Crippen LogP contribution >= 0.6 is 0 Å².